The van der Waals surface area contributed by atoms with Crippen molar-refractivity contribution in [3.05, 3.63) is 17.8 Å². The molecule has 1 rings (SSSR count). The van der Waals surface area contributed by atoms with Crippen molar-refractivity contribution in [2.24, 2.45) is 5.73 Å². The van der Waals surface area contributed by atoms with Gasteiger partial charge in [0.25, 0.3) is 5.91 Å². The summed E-state index contributed by atoms with van der Waals surface area (Å²) in [6.07, 6.45) is 1.15. The summed E-state index contributed by atoms with van der Waals surface area (Å²) >= 11 is 0. The Balaban J connectivity index is 2.37. The number of likely N-dealkylation sites (N-methyl/N-ethyl adjacent to an activating group) is 1. The summed E-state index contributed by atoms with van der Waals surface area (Å²) in [5.74, 6) is 0.0988. The van der Waals surface area contributed by atoms with E-state index in [0.717, 1.165) is 32.6 Å². The van der Waals surface area contributed by atoms with Gasteiger partial charge in [-0.25, -0.2) is 0 Å². The standard InChI is InChI=1S/C12H21N5O/c1-3-8-17(4-2)9-7-14-11-6-5-10(12(13)18)15-16-11/h5-6H,3-4,7-9H2,1-2H3,(H2,13,18)(H,14,16). The highest BCUT2D eigenvalue weighted by Gasteiger charge is 2.03. The Morgan fingerprint density at radius 2 is 2.11 bits per heavy atom. The van der Waals surface area contributed by atoms with Crippen LogP contribution in [0.3, 0.4) is 0 Å². The molecular weight excluding hydrogens is 230 g/mol. The lowest BCUT2D eigenvalue weighted by molar-refractivity contribution is 0.0994. The molecule has 1 heterocycles. The van der Waals surface area contributed by atoms with Crippen LogP contribution in [-0.2, 0) is 0 Å². The van der Waals surface area contributed by atoms with Gasteiger partial charge in [0.1, 0.15) is 5.82 Å². The second-order valence-electron chi connectivity index (χ2n) is 4.03. The van der Waals surface area contributed by atoms with E-state index in [1.807, 2.05) is 0 Å². The SMILES string of the molecule is CCCN(CC)CCNc1ccc(C(N)=O)nn1. The molecule has 1 amide bonds. The Morgan fingerprint density at radius 1 is 1.33 bits per heavy atom. The van der Waals surface area contributed by atoms with Gasteiger partial charge in [-0.2, -0.15) is 0 Å². The molecule has 0 radical (unpaired) electrons. The van der Waals surface area contributed by atoms with Crippen molar-refractivity contribution in [3.63, 3.8) is 0 Å². The van der Waals surface area contributed by atoms with Crippen LogP contribution in [0.5, 0.6) is 0 Å². The molecule has 0 atom stereocenters. The molecule has 6 heteroatoms. The third-order valence-corrected chi connectivity index (χ3v) is 2.64. The third kappa shape index (κ3) is 4.67. The molecular formula is C12H21N5O. The summed E-state index contributed by atoms with van der Waals surface area (Å²) in [5.41, 5.74) is 5.27. The van der Waals surface area contributed by atoms with Crippen molar-refractivity contribution < 1.29 is 4.79 Å². The molecule has 1 aromatic rings. The number of anilines is 1. The van der Waals surface area contributed by atoms with Gasteiger partial charge >= 0.3 is 0 Å². The normalized spacial score (nSPS) is 10.6. The van der Waals surface area contributed by atoms with Gasteiger partial charge < -0.3 is 16.0 Å². The van der Waals surface area contributed by atoms with Crippen LogP contribution in [0.2, 0.25) is 0 Å². The molecule has 0 aliphatic rings. The average molecular weight is 251 g/mol. The summed E-state index contributed by atoms with van der Waals surface area (Å²) in [6, 6.07) is 3.28. The molecule has 0 aromatic carbocycles. The average Bonchev–Trinajstić information content (AvgIpc) is 2.38. The molecule has 3 N–H and O–H groups in total. The number of aromatic nitrogens is 2. The maximum Gasteiger partial charge on any atom is 0.269 e. The van der Waals surface area contributed by atoms with E-state index in [0.29, 0.717) is 5.82 Å². The zero-order valence-corrected chi connectivity index (χ0v) is 11.0. The number of carbonyl (C=O) groups excluding carboxylic acids is 1. The van der Waals surface area contributed by atoms with Gasteiger partial charge in [-0.05, 0) is 31.6 Å². The molecule has 18 heavy (non-hydrogen) atoms. The van der Waals surface area contributed by atoms with Gasteiger partial charge in [0.2, 0.25) is 0 Å². The zero-order valence-electron chi connectivity index (χ0n) is 11.0. The topological polar surface area (TPSA) is 84.1 Å². The predicted molar refractivity (Wildman–Crippen MR) is 71.4 cm³/mol. The summed E-state index contributed by atoms with van der Waals surface area (Å²) in [7, 11) is 0. The van der Waals surface area contributed by atoms with E-state index >= 15 is 0 Å². The molecule has 0 fully saturated rings. The number of primary amides is 1. The number of hydrogen-bond donors (Lipinski definition) is 2. The van der Waals surface area contributed by atoms with Gasteiger partial charge in [-0.15, -0.1) is 10.2 Å². The molecule has 0 saturated carbocycles. The number of rotatable bonds is 8. The molecule has 0 spiro atoms. The Hall–Kier alpha value is -1.69. The monoisotopic (exact) mass is 251 g/mol. The Bertz CT molecular complexity index is 365. The number of nitrogens with two attached hydrogens (primary N) is 1. The van der Waals surface area contributed by atoms with Gasteiger partial charge in [0.15, 0.2) is 5.69 Å². The van der Waals surface area contributed by atoms with E-state index in [9.17, 15) is 4.79 Å². The van der Waals surface area contributed by atoms with Gasteiger partial charge in [-0.3, -0.25) is 4.79 Å². The van der Waals surface area contributed by atoms with Crippen molar-refractivity contribution >= 4 is 11.7 Å². The fourth-order valence-electron chi connectivity index (χ4n) is 1.64. The first kappa shape index (κ1) is 14.4. The highest BCUT2D eigenvalue weighted by Crippen LogP contribution is 2.01. The lowest BCUT2D eigenvalue weighted by Gasteiger charge is -2.19. The second kappa shape index (κ2) is 7.60. The van der Waals surface area contributed by atoms with Gasteiger partial charge in [0.05, 0.1) is 0 Å². The maximum absolute atomic E-state index is 10.8. The van der Waals surface area contributed by atoms with Crippen LogP contribution in [0, 0.1) is 0 Å². The quantitative estimate of drug-likeness (QED) is 0.711. The first-order chi connectivity index (χ1) is 8.67. The molecule has 100 valence electrons. The van der Waals surface area contributed by atoms with E-state index in [1.165, 1.54) is 0 Å². The lowest BCUT2D eigenvalue weighted by atomic mass is 10.3. The first-order valence-electron chi connectivity index (χ1n) is 6.27. The molecule has 0 aliphatic heterocycles. The minimum Gasteiger partial charge on any atom is -0.367 e. The van der Waals surface area contributed by atoms with E-state index in [2.05, 4.69) is 34.3 Å². The van der Waals surface area contributed by atoms with Gasteiger partial charge in [0, 0.05) is 13.1 Å². The number of amides is 1. The van der Waals surface area contributed by atoms with Crippen LogP contribution in [-0.4, -0.2) is 47.2 Å². The maximum atomic E-state index is 10.8. The van der Waals surface area contributed by atoms with Crippen LogP contribution in [0.15, 0.2) is 12.1 Å². The fraction of sp³-hybridized carbons (Fsp3) is 0.583. The second-order valence-corrected chi connectivity index (χ2v) is 4.03. The summed E-state index contributed by atoms with van der Waals surface area (Å²) < 4.78 is 0. The number of nitrogens with one attached hydrogen (secondary N) is 1. The Kier molecular flexibility index (Phi) is 6.07. The van der Waals surface area contributed by atoms with Crippen molar-refractivity contribution in [1.82, 2.24) is 15.1 Å². The van der Waals surface area contributed by atoms with Gasteiger partial charge in [-0.1, -0.05) is 13.8 Å². The summed E-state index contributed by atoms with van der Waals surface area (Å²) in [6.45, 7) is 8.23. The van der Waals surface area contributed by atoms with E-state index in [1.54, 1.807) is 12.1 Å². The molecule has 0 bridgehead atoms. The number of hydrogen-bond acceptors (Lipinski definition) is 5. The predicted octanol–water partition coefficient (Wildman–Crippen LogP) is 0.719. The highest BCUT2D eigenvalue weighted by molar-refractivity contribution is 5.90. The Morgan fingerprint density at radius 3 is 2.61 bits per heavy atom. The highest BCUT2D eigenvalue weighted by atomic mass is 16.1. The molecule has 6 nitrogen and oxygen atoms in total. The molecule has 0 saturated heterocycles. The van der Waals surface area contributed by atoms with Crippen LogP contribution >= 0.6 is 0 Å². The number of carbonyl (C=O) groups is 1. The fourth-order valence-corrected chi connectivity index (χ4v) is 1.64. The minimum atomic E-state index is -0.561. The van der Waals surface area contributed by atoms with Crippen LogP contribution < -0.4 is 11.1 Å². The van der Waals surface area contributed by atoms with Crippen molar-refractivity contribution in [2.45, 2.75) is 20.3 Å². The molecule has 0 aliphatic carbocycles. The third-order valence-electron chi connectivity index (χ3n) is 2.64. The smallest absolute Gasteiger partial charge is 0.269 e. The van der Waals surface area contributed by atoms with E-state index in [-0.39, 0.29) is 5.69 Å². The lowest BCUT2D eigenvalue weighted by Crippen LogP contribution is -2.29. The number of nitrogens with zero attached hydrogens (tertiary/aromatic N) is 3. The van der Waals surface area contributed by atoms with Crippen molar-refractivity contribution in [1.29, 1.82) is 0 Å². The summed E-state index contributed by atoms with van der Waals surface area (Å²) in [5, 5.41) is 10.8. The van der Waals surface area contributed by atoms with E-state index < -0.39 is 5.91 Å². The first-order valence-corrected chi connectivity index (χ1v) is 6.27. The zero-order chi connectivity index (χ0) is 13.4. The van der Waals surface area contributed by atoms with Crippen LogP contribution in [0.4, 0.5) is 5.82 Å². The minimum absolute atomic E-state index is 0.182. The van der Waals surface area contributed by atoms with Crippen molar-refractivity contribution in [2.75, 3.05) is 31.5 Å². The molecule has 1 aromatic heterocycles. The Labute approximate surface area is 108 Å². The van der Waals surface area contributed by atoms with Crippen LogP contribution in [0.1, 0.15) is 30.8 Å². The molecule has 0 unspecified atom stereocenters. The van der Waals surface area contributed by atoms with Crippen LogP contribution in [0.25, 0.3) is 0 Å². The van der Waals surface area contributed by atoms with E-state index in [4.69, 9.17) is 5.73 Å². The summed E-state index contributed by atoms with van der Waals surface area (Å²) in [4.78, 5) is 13.2. The largest absolute Gasteiger partial charge is 0.367 e. The van der Waals surface area contributed by atoms with Crippen molar-refractivity contribution in [3.8, 4) is 0 Å².